The standard InChI is InChI=1S/C15H22N2O4S.ClH/c1-21-15(18)13-4-6-14(7-5-13)22(19,20)17-10-8-12-3-2-9-16-11-12;/h4-7,12,16-17H,2-3,8-11H2,1H3;1H. The summed E-state index contributed by atoms with van der Waals surface area (Å²) in [7, 11) is -2.25. The highest BCUT2D eigenvalue weighted by atomic mass is 35.5. The van der Waals surface area contributed by atoms with Crippen LogP contribution in [0.25, 0.3) is 0 Å². The molecule has 1 saturated heterocycles. The van der Waals surface area contributed by atoms with E-state index in [1.54, 1.807) is 0 Å². The number of halogens is 1. The van der Waals surface area contributed by atoms with E-state index in [0.717, 1.165) is 32.4 Å². The van der Waals surface area contributed by atoms with Crippen LogP contribution < -0.4 is 10.0 Å². The van der Waals surface area contributed by atoms with Gasteiger partial charge in [-0.3, -0.25) is 0 Å². The second kappa shape index (κ2) is 9.22. The molecular weight excluding hydrogens is 340 g/mol. The van der Waals surface area contributed by atoms with Gasteiger partial charge in [-0.25, -0.2) is 17.9 Å². The fraction of sp³-hybridized carbons (Fsp3) is 0.533. The van der Waals surface area contributed by atoms with Crippen LogP contribution in [0.4, 0.5) is 0 Å². The summed E-state index contributed by atoms with van der Waals surface area (Å²) in [6, 6.07) is 5.73. The second-order valence-electron chi connectivity index (χ2n) is 5.41. The van der Waals surface area contributed by atoms with Gasteiger partial charge < -0.3 is 10.1 Å². The van der Waals surface area contributed by atoms with E-state index in [2.05, 4.69) is 14.8 Å². The molecule has 0 radical (unpaired) electrons. The van der Waals surface area contributed by atoms with Crippen LogP contribution in [-0.2, 0) is 14.8 Å². The lowest BCUT2D eigenvalue weighted by atomic mass is 9.96. The Morgan fingerprint density at radius 3 is 2.61 bits per heavy atom. The van der Waals surface area contributed by atoms with E-state index in [9.17, 15) is 13.2 Å². The highest BCUT2D eigenvalue weighted by Gasteiger charge is 2.17. The third-order valence-corrected chi connectivity index (χ3v) is 5.31. The monoisotopic (exact) mass is 362 g/mol. The normalized spacial score (nSPS) is 18.0. The Bertz CT molecular complexity index is 598. The van der Waals surface area contributed by atoms with Gasteiger partial charge in [-0.15, -0.1) is 12.4 Å². The Morgan fingerprint density at radius 2 is 2.04 bits per heavy atom. The maximum absolute atomic E-state index is 12.2. The van der Waals surface area contributed by atoms with Crippen molar-refractivity contribution in [3.63, 3.8) is 0 Å². The Balaban J connectivity index is 0.00000264. The van der Waals surface area contributed by atoms with E-state index < -0.39 is 16.0 Å². The lowest BCUT2D eigenvalue weighted by molar-refractivity contribution is 0.0600. The molecule has 0 amide bonds. The zero-order chi connectivity index (χ0) is 16.0. The predicted molar refractivity (Wildman–Crippen MR) is 90.4 cm³/mol. The number of hydrogen-bond donors (Lipinski definition) is 2. The number of methoxy groups -OCH3 is 1. The van der Waals surface area contributed by atoms with Crippen LogP contribution in [0, 0.1) is 5.92 Å². The fourth-order valence-electron chi connectivity index (χ4n) is 2.54. The van der Waals surface area contributed by atoms with Crippen molar-refractivity contribution in [2.75, 3.05) is 26.7 Å². The summed E-state index contributed by atoms with van der Waals surface area (Å²) in [6.45, 7) is 2.43. The molecule has 0 aromatic heterocycles. The van der Waals surface area contributed by atoms with Crippen molar-refractivity contribution >= 4 is 28.4 Å². The molecule has 130 valence electrons. The number of rotatable bonds is 6. The lowest BCUT2D eigenvalue weighted by Gasteiger charge is -2.22. The highest BCUT2D eigenvalue weighted by molar-refractivity contribution is 7.89. The van der Waals surface area contributed by atoms with Crippen molar-refractivity contribution in [2.45, 2.75) is 24.2 Å². The van der Waals surface area contributed by atoms with Gasteiger partial charge in [0.2, 0.25) is 10.0 Å². The van der Waals surface area contributed by atoms with Gasteiger partial charge in [-0.1, -0.05) is 0 Å². The minimum absolute atomic E-state index is 0. The van der Waals surface area contributed by atoms with Gasteiger partial charge in [-0.2, -0.15) is 0 Å². The average molecular weight is 363 g/mol. The van der Waals surface area contributed by atoms with E-state index in [1.807, 2.05) is 0 Å². The van der Waals surface area contributed by atoms with Crippen LogP contribution in [0.3, 0.4) is 0 Å². The Hall–Kier alpha value is -1.15. The van der Waals surface area contributed by atoms with Crippen molar-refractivity contribution in [3.8, 4) is 0 Å². The zero-order valence-electron chi connectivity index (χ0n) is 13.1. The summed E-state index contributed by atoms with van der Waals surface area (Å²) in [6.07, 6.45) is 3.11. The molecule has 0 aliphatic carbocycles. The van der Waals surface area contributed by atoms with Gasteiger partial charge in [0.05, 0.1) is 17.6 Å². The molecule has 8 heteroatoms. The Labute approximate surface area is 143 Å². The Kier molecular flexibility index (Phi) is 7.98. The molecule has 23 heavy (non-hydrogen) atoms. The van der Waals surface area contributed by atoms with Gasteiger partial charge in [0, 0.05) is 6.54 Å². The van der Waals surface area contributed by atoms with Gasteiger partial charge in [0.25, 0.3) is 0 Å². The van der Waals surface area contributed by atoms with Crippen LogP contribution in [0.2, 0.25) is 0 Å². The van der Waals surface area contributed by atoms with E-state index >= 15 is 0 Å². The van der Waals surface area contributed by atoms with Gasteiger partial charge >= 0.3 is 5.97 Å². The third-order valence-electron chi connectivity index (χ3n) is 3.83. The predicted octanol–water partition coefficient (Wildman–Crippen LogP) is 1.56. The number of carbonyl (C=O) groups excluding carboxylic acids is 1. The maximum atomic E-state index is 12.2. The van der Waals surface area contributed by atoms with E-state index in [4.69, 9.17) is 0 Å². The van der Waals surface area contributed by atoms with Crippen molar-refractivity contribution < 1.29 is 17.9 Å². The van der Waals surface area contributed by atoms with Crippen molar-refractivity contribution in [2.24, 2.45) is 5.92 Å². The minimum atomic E-state index is -3.53. The molecule has 0 bridgehead atoms. The lowest BCUT2D eigenvalue weighted by Crippen LogP contribution is -2.33. The Morgan fingerprint density at radius 1 is 1.35 bits per heavy atom. The zero-order valence-corrected chi connectivity index (χ0v) is 14.7. The molecule has 6 nitrogen and oxygen atoms in total. The van der Waals surface area contributed by atoms with Crippen LogP contribution in [0.15, 0.2) is 29.2 Å². The van der Waals surface area contributed by atoms with Gasteiger partial charge in [-0.05, 0) is 62.5 Å². The van der Waals surface area contributed by atoms with Gasteiger partial charge in [0.15, 0.2) is 0 Å². The molecule has 2 rings (SSSR count). The quantitative estimate of drug-likeness (QED) is 0.750. The summed E-state index contributed by atoms with van der Waals surface area (Å²) in [5.41, 5.74) is 0.328. The minimum Gasteiger partial charge on any atom is -0.465 e. The molecule has 1 heterocycles. The first-order chi connectivity index (χ1) is 10.5. The number of sulfonamides is 1. The van der Waals surface area contributed by atoms with Crippen molar-refractivity contribution in [1.82, 2.24) is 10.0 Å². The van der Waals surface area contributed by atoms with E-state index in [1.165, 1.54) is 31.4 Å². The van der Waals surface area contributed by atoms with Crippen LogP contribution >= 0.6 is 12.4 Å². The molecule has 2 N–H and O–H groups in total. The first-order valence-corrected chi connectivity index (χ1v) is 8.90. The molecule has 1 atom stereocenters. The highest BCUT2D eigenvalue weighted by Crippen LogP contribution is 2.15. The maximum Gasteiger partial charge on any atom is 0.337 e. The molecule has 0 spiro atoms. The topological polar surface area (TPSA) is 84.5 Å². The molecule has 1 aromatic rings. The molecule has 0 saturated carbocycles. The van der Waals surface area contributed by atoms with Gasteiger partial charge in [0.1, 0.15) is 0 Å². The molecule has 1 fully saturated rings. The summed E-state index contributed by atoms with van der Waals surface area (Å²) in [4.78, 5) is 11.5. The molecule has 1 unspecified atom stereocenters. The van der Waals surface area contributed by atoms with E-state index in [-0.39, 0.29) is 17.3 Å². The number of benzene rings is 1. The largest absolute Gasteiger partial charge is 0.465 e. The third kappa shape index (κ3) is 5.76. The number of piperidine rings is 1. The smallest absolute Gasteiger partial charge is 0.337 e. The number of esters is 1. The number of carbonyl (C=O) groups is 1. The first kappa shape index (κ1) is 19.9. The number of hydrogen-bond acceptors (Lipinski definition) is 5. The molecule has 1 aromatic carbocycles. The number of nitrogens with one attached hydrogen (secondary N) is 2. The van der Waals surface area contributed by atoms with E-state index in [0.29, 0.717) is 18.0 Å². The van der Waals surface area contributed by atoms with Crippen LogP contribution in [0.1, 0.15) is 29.6 Å². The summed E-state index contributed by atoms with van der Waals surface area (Å²) in [5.74, 6) is 0.0415. The van der Waals surface area contributed by atoms with Crippen molar-refractivity contribution in [3.05, 3.63) is 29.8 Å². The first-order valence-electron chi connectivity index (χ1n) is 7.41. The fourth-order valence-corrected chi connectivity index (χ4v) is 3.59. The second-order valence-corrected chi connectivity index (χ2v) is 7.18. The van der Waals surface area contributed by atoms with Crippen molar-refractivity contribution in [1.29, 1.82) is 0 Å². The molecule has 1 aliphatic heterocycles. The summed E-state index contributed by atoms with van der Waals surface area (Å²) < 4.78 is 31.6. The van der Waals surface area contributed by atoms with Crippen LogP contribution in [-0.4, -0.2) is 41.1 Å². The molecular formula is C15H23ClN2O4S. The summed E-state index contributed by atoms with van der Waals surface area (Å²) >= 11 is 0. The van der Waals surface area contributed by atoms with Crippen LogP contribution in [0.5, 0.6) is 0 Å². The molecule has 1 aliphatic rings. The number of ether oxygens (including phenoxy) is 1. The summed E-state index contributed by atoms with van der Waals surface area (Å²) in [5, 5.41) is 3.32. The average Bonchev–Trinajstić information content (AvgIpc) is 2.55. The SMILES string of the molecule is COC(=O)c1ccc(S(=O)(=O)NCCC2CCCNC2)cc1.Cl.